The molecule has 0 radical (unpaired) electrons. The molecule has 0 rings (SSSR count). The van der Waals surface area contributed by atoms with Gasteiger partial charge in [0.1, 0.15) is 13.2 Å². The van der Waals surface area contributed by atoms with E-state index in [9.17, 15) is 4.79 Å². The molecule has 102 valence electrons. The molecule has 0 N–H and O–H groups in total. The molecular formula is C13H30N2O2+2. The van der Waals surface area contributed by atoms with E-state index in [-0.39, 0.29) is 5.97 Å². The molecule has 0 aliphatic carbocycles. The average Bonchev–Trinajstić information content (AvgIpc) is 2.26. The molecule has 0 saturated heterocycles. The van der Waals surface area contributed by atoms with E-state index in [1.165, 1.54) is 0 Å². The average molecular weight is 246 g/mol. The van der Waals surface area contributed by atoms with E-state index >= 15 is 0 Å². The fourth-order valence-corrected chi connectivity index (χ4v) is 1.19. The van der Waals surface area contributed by atoms with Crippen LogP contribution in [0.3, 0.4) is 0 Å². The minimum atomic E-state index is -0.0687. The van der Waals surface area contributed by atoms with Gasteiger partial charge in [0.15, 0.2) is 0 Å². The summed E-state index contributed by atoms with van der Waals surface area (Å²) in [5.74, 6) is -0.0687. The topological polar surface area (TPSA) is 26.3 Å². The second-order valence-electron chi connectivity index (χ2n) is 5.92. The highest BCUT2D eigenvalue weighted by molar-refractivity contribution is 5.69. The van der Waals surface area contributed by atoms with Crippen molar-refractivity contribution < 1.29 is 18.5 Å². The second kappa shape index (κ2) is 6.97. The minimum Gasteiger partial charge on any atom is -0.460 e. The molecule has 0 atom stereocenters. The number of nitrogens with zero attached hydrogens (tertiary/aromatic N) is 2. The lowest BCUT2D eigenvalue weighted by Crippen LogP contribution is -2.43. The SMILES string of the molecule is CC[N+](C)(C)CCOC(=O)CC[N+](C)(C)CC. The maximum absolute atomic E-state index is 11.5. The van der Waals surface area contributed by atoms with E-state index in [0.29, 0.717) is 13.0 Å². The Morgan fingerprint density at radius 1 is 0.941 bits per heavy atom. The Morgan fingerprint density at radius 3 is 1.88 bits per heavy atom. The Labute approximate surface area is 106 Å². The van der Waals surface area contributed by atoms with Crippen LogP contribution in [-0.2, 0) is 9.53 Å². The predicted octanol–water partition coefficient (Wildman–Crippen LogP) is 1.11. The van der Waals surface area contributed by atoms with Gasteiger partial charge in [0.2, 0.25) is 0 Å². The summed E-state index contributed by atoms with van der Waals surface area (Å²) in [4.78, 5) is 11.5. The van der Waals surface area contributed by atoms with Crippen LogP contribution in [0, 0.1) is 0 Å². The van der Waals surface area contributed by atoms with Crippen molar-refractivity contribution in [3.05, 3.63) is 0 Å². The van der Waals surface area contributed by atoms with Crippen LogP contribution in [0.15, 0.2) is 0 Å². The van der Waals surface area contributed by atoms with Gasteiger partial charge in [0.25, 0.3) is 0 Å². The van der Waals surface area contributed by atoms with Crippen LogP contribution < -0.4 is 0 Å². The van der Waals surface area contributed by atoms with Crippen molar-refractivity contribution in [2.75, 3.05) is 61.0 Å². The van der Waals surface area contributed by atoms with Gasteiger partial charge in [-0.05, 0) is 13.8 Å². The van der Waals surface area contributed by atoms with Gasteiger partial charge in [-0.1, -0.05) is 0 Å². The van der Waals surface area contributed by atoms with Crippen molar-refractivity contribution in [1.82, 2.24) is 0 Å². The highest BCUT2D eigenvalue weighted by Gasteiger charge is 2.16. The van der Waals surface area contributed by atoms with Crippen molar-refractivity contribution in [3.63, 3.8) is 0 Å². The maximum Gasteiger partial charge on any atom is 0.311 e. The molecule has 0 heterocycles. The zero-order valence-electron chi connectivity index (χ0n) is 12.5. The molecule has 4 nitrogen and oxygen atoms in total. The lowest BCUT2D eigenvalue weighted by atomic mass is 10.3. The van der Waals surface area contributed by atoms with Crippen LogP contribution in [0.4, 0.5) is 0 Å². The molecule has 0 fully saturated rings. The summed E-state index contributed by atoms with van der Waals surface area (Å²) in [6.45, 7) is 8.62. The van der Waals surface area contributed by atoms with E-state index in [1.807, 2.05) is 0 Å². The first-order valence-corrected chi connectivity index (χ1v) is 6.52. The normalized spacial score (nSPS) is 12.6. The van der Waals surface area contributed by atoms with E-state index < -0.39 is 0 Å². The molecule has 0 saturated carbocycles. The van der Waals surface area contributed by atoms with Gasteiger partial charge in [-0.2, -0.15) is 0 Å². The minimum absolute atomic E-state index is 0.0687. The Kier molecular flexibility index (Phi) is 6.72. The number of carbonyl (C=O) groups excluding carboxylic acids is 1. The Balaban J connectivity index is 3.75. The van der Waals surface area contributed by atoms with Crippen molar-refractivity contribution in [2.24, 2.45) is 0 Å². The summed E-state index contributed by atoms with van der Waals surface area (Å²) >= 11 is 0. The van der Waals surface area contributed by atoms with Crippen molar-refractivity contribution >= 4 is 5.97 Å². The summed E-state index contributed by atoms with van der Waals surface area (Å²) in [5, 5.41) is 0. The molecule has 0 unspecified atom stereocenters. The third-order valence-corrected chi connectivity index (χ3v) is 3.59. The van der Waals surface area contributed by atoms with Crippen LogP contribution >= 0.6 is 0 Å². The molecule has 0 spiro atoms. The summed E-state index contributed by atoms with van der Waals surface area (Å²) in [6, 6.07) is 0. The zero-order valence-corrected chi connectivity index (χ0v) is 12.5. The van der Waals surface area contributed by atoms with Crippen LogP contribution in [0.2, 0.25) is 0 Å². The lowest BCUT2D eigenvalue weighted by Gasteiger charge is -2.28. The first-order valence-electron chi connectivity index (χ1n) is 6.52. The van der Waals surface area contributed by atoms with Gasteiger partial charge in [0.05, 0.1) is 54.2 Å². The van der Waals surface area contributed by atoms with Crippen molar-refractivity contribution in [1.29, 1.82) is 0 Å². The highest BCUT2D eigenvalue weighted by atomic mass is 16.5. The Bertz CT molecular complexity index is 238. The standard InChI is InChI=1S/C13H30N2O2/c1-7-14(3,4)10-9-13(16)17-12-11-15(5,6)8-2/h7-12H2,1-6H3/q+2. The van der Waals surface area contributed by atoms with Crippen LogP contribution in [0.25, 0.3) is 0 Å². The third-order valence-electron chi connectivity index (χ3n) is 3.59. The fraction of sp³-hybridized carbons (Fsp3) is 0.923. The smallest absolute Gasteiger partial charge is 0.311 e. The highest BCUT2D eigenvalue weighted by Crippen LogP contribution is 2.00. The third kappa shape index (κ3) is 8.16. The molecule has 0 aromatic heterocycles. The summed E-state index contributed by atoms with van der Waals surface area (Å²) < 4.78 is 7.01. The molecule has 0 amide bonds. The van der Waals surface area contributed by atoms with Gasteiger partial charge >= 0.3 is 5.97 Å². The van der Waals surface area contributed by atoms with E-state index in [1.54, 1.807) is 0 Å². The molecule has 0 bridgehead atoms. The number of rotatable bonds is 8. The van der Waals surface area contributed by atoms with Crippen LogP contribution in [-0.4, -0.2) is 75.9 Å². The second-order valence-corrected chi connectivity index (χ2v) is 5.92. The fourth-order valence-electron chi connectivity index (χ4n) is 1.19. The zero-order chi connectivity index (χ0) is 13.5. The van der Waals surface area contributed by atoms with Crippen molar-refractivity contribution in [3.8, 4) is 0 Å². The predicted molar refractivity (Wildman–Crippen MR) is 70.6 cm³/mol. The number of carbonyl (C=O) groups is 1. The van der Waals surface area contributed by atoms with Gasteiger partial charge in [-0.25, -0.2) is 0 Å². The number of hydrogen-bond acceptors (Lipinski definition) is 2. The molecule has 0 aromatic carbocycles. The number of ether oxygens (including phenoxy) is 1. The first kappa shape index (κ1) is 16.4. The Hall–Kier alpha value is -0.610. The summed E-state index contributed by atoms with van der Waals surface area (Å²) in [6.07, 6.45) is 0.514. The first-order chi connectivity index (χ1) is 7.72. The monoisotopic (exact) mass is 246 g/mol. The summed E-state index contributed by atoms with van der Waals surface area (Å²) in [5.41, 5.74) is 0. The van der Waals surface area contributed by atoms with Gasteiger partial charge in [-0.3, -0.25) is 4.79 Å². The molecule has 0 aromatic rings. The molecule has 4 heteroatoms. The van der Waals surface area contributed by atoms with E-state index in [0.717, 1.165) is 35.1 Å². The molecular weight excluding hydrogens is 216 g/mol. The quantitative estimate of drug-likeness (QED) is 0.474. The maximum atomic E-state index is 11.5. The Morgan fingerprint density at radius 2 is 1.41 bits per heavy atom. The summed E-state index contributed by atoms with van der Waals surface area (Å²) in [7, 11) is 8.55. The lowest BCUT2D eigenvalue weighted by molar-refractivity contribution is -0.889. The van der Waals surface area contributed by atoms with E-state index in [4.69, 9.17) is 4.74 Å². The van der Waals surface area contributed by atoms with Crippen molar-refractivity contribution in [2.45, 2.75) is 20.3 Å². The number of esters is 1. The van der Waals surface area contributed by atoms with Gasteiger partial charge in [-0.15, -0.1) is 0 Å². The number of hydrogen-bond donors (Lipinski definition) is 0. The largest absolute Gasteiger partial charge is 0.460 e. The van der Waals surface area contributed by atoms with Gasteiger partial charge in [0, 0.05) is 0 Å². The number of likely N-dealkylation sites (N-methyl/N-ethyl adjacent to an activating group) is 1. The van der Waals surface area contributed by atoms with Crippen LogP contribution in [0.1, 0.15) is 20.3 Å². The van der Waals surface area contributed by atoms with Crippen LogP contribution in [0.5, 0.6) is 0 Å². The molecule has 17 heavy (non-hydrogen) atoms. The molecule has 0 aliphatic heterocycles. The van der Waals surface area contributed by atoms with E-state index in [2.05, 4.69) is 42.0 Å². The molecule has 0 aliphatic rings. The number of quaternary nitrogens is 2. The van der Waals surface area contributed by atoms with Gasteiger partial charge < -0.3 is 13.7 Å².